The van der Waals surface area contributed by atoms with Crippen LogP contribution in [0.15, 0.2) is 0 Å². The lowest BCUT2D eigenvalue weighted by molar-refractivity contribution is 0.197. The third-order valence-electron chi connectivity index (χ3n) is 3.32. The Kier molecular flexibility index (Phi) is 4.90. The van der Waals surface area contributed by atoms with Crippen LogP contribution in [0.25, 0.3) is 0 Å². The van der Waals surface area contributed by atoms with Gasteiger partial charge in [0.25, 0.3) is 0 Å². The summed E-state index contributed by atoms with van der Waals surface area (Å²) in [7, 11) is 0. The Hall–Kier alpha value is -0.0800. The van der Waals surface area contributed by atoms with E-state index in [0.29, 0.717) is 6.04 Å². The van der Waals surface area contributed by atoms with E-state index >= 15 is 0 Å². The first kappa shape index (κ1) is 12.0. The average Bonchev–Trinajstić information content (AvgIpc) is 2.11. The maximum atomic E-state index is 3.70. The fourth-order valence-electron chi connectivity index (χ4n) is 2.36. The Labute approximate surface area is 89.1 Å². The zero-order chi connectivity index (χ0) is 10.6. The molecule has 0 bridgehead atoms. The monoisotopic (exact) mass is 198 g/mol. The molecule has 0 amide bonds. The minimum atomic E-state index is 0.646. The summed E-state index contributed by atoms with van der Waals surface area (Å²) in [4.78, 5) is 2.49. The summed E-state index contributed by atoms with van der Waals surface area (Å²) in [6.07, 6.45) is 2.76. The second kappa shape index (κ2) is 5.72. The summed E-state index contributed by atoms with van der Waals surface area (Å²) in [6.45, 7) is 12.7. The molecule has 0 aliphatic heterocycles. The van der Waals surface area contributed by atoms with Crippen molar-refractivity contribution >= 4 is 0 Å². The summed E-state index contributed by atoms with van der Waals surface area (Å²) in [5, 5.41) is 3.70. The van der Waals surface area contributed by atoms with Gasteiger partial charge in [0.05, 0.1) is 0 Å². The van der Waals surface area contributed by atoms with Crippen molar-refractivity contribution in [1.82, 2.24) is 10.2 Å². The standard InChI is InChI=1S/C12H26N2/c1-5-14(6-2)9-11(4)13-12-7-10(3)8-12/h10-13H,5-9H2,1-4H3. The van der Waals surface area contributed by atoms with Crippen molar-refractivity contribution < 1.29 is 0 Å². The van der Waals surface area contributed by atoms with Gasteiger partial charge in [-0.05, 0) is 38.8 Å². The Bertz CT molecular complexity index is 148. The molecule has 84 valence electrons. The van der Waals surface area contributed by atoms with Gasteiger partial charge in [-0.3, -0.25) is 0 Å². The molecule has 2 nitrogen and oxygen atoms in total. The second-order valence-corrected chi connectivity index (χ2v) is 4.83. The highest BCUT2D eigenvalue weighted by molar-refractivity contribution is 4.84. The first-order chi connectivity index (χ1) is 6.65. The van der Waals surface area contributed by atoms with E-state index in [9.17, 15) is 0 Å². The predicted octanol–water partition coefficient (Wildman–Crippen LogP) is 2.10. The van der Waals surface area contributed by atoms with Gasteiger partial charge in [0.15, 0.2) is 0 Å². The van der Waals surface area contributed by atoms with Gasteiger partial charge in [0.1, 0.15) is 0 Å². The highest BCUT2D eigenvalue weighted by Crippen LogP contribution is 2.26. The lowest BCUT2D eigenvalue weighted by atomic mass is 9.81. The molecule has 1 aliphatic carbocycles. The molecule has 0 aromatic heterocycles. The Morgan fingerprint density at radius 3 is 2.29 bits per heavy atom. The third kappa shape index (κ3) is 3.58. The smallest absolute Gasteiger partial charge is 0.0169 e. The van der Waals surface area contributed by atoms with Crippen LogP contribution in [0.1, 0.15) is 40.5 Å². The van der Waals surface area contributed by atoms with Gasteiger partial charge >= 0.3 is 0 Å². The maximum absolute atomic E-state index is 3.70. The lowest BCUT2D eigenvalue weighted by Crippen LogP contribution is -2.48. The zero-order valence-electron chi connectivity index (χ0n) is 10.2. The van der Waals surface area contributed by atoms with Gasteiger partial charge in [-0.2, -0.15) is 0 Å². The molecule has 1 rings (SSSR count). The number of hydrogen-bond donors (Lipinski definition) is 1. The highest BCUT2D eigenvalue weighted by Gasteiger charge is 2.26. The topological polar surface area (TPSA) is 15.3 Å². The minimum Gasteiger partial charge on any atom is -0.310 e. The van der Waals surface area contributed by atoms with E-state index in [1.807, 2.05) is 0 Å². The first-order valence-electron chi connectivity index (χ1n) is 6.14. The van der Waals surface area contributed by atoms with Crippen LogP contribution in [0.2, 0.25) is 0 Å². The van der Waals surface area contributed by atoms with Crippen molar-refractivity contribution in [1.29, 1.82) is 0 Å². The number of nitrogens with zero attached hydrogens (tertiary/aromatic N) is 1. The molecule has 1 unspecified atom stereocenters. The van der Waals surface area contributed by atoms with Crippen molar-refractivity contribution in [3.8, 4) is 0 Å². The van der Waals surface area contributed by atoms with E-state index in [2.05, 4.69) is 37.9 Å². The molecule has 0 heterocycles. The normalized spacial score (nSPS) is 28.9. The molecule has 1 N–H and O–H groups in total. The zero-order valence-corrected chi connectivity index (χ0v) is 10.2. The Morgan fingerprint density at radius 1 is 1.29 bits per heavy atom. The van der Waals surface area contributed by atoms with Crippen molar-refractivity contribution in [2.75, 3.05) is 19.6 Å². The molecule has 1 saturated carbocycles. The van der Waals surface area contributed by atoms with E-state index in [1.54, 1.807) is 0 Å². The SMILES string of the molecule is CCN(CC)CC(C)NC1CC(C)C1. The van der Waals surface area contributed by atoms with E-state index in [0.717, 1.165) is 12.0 Å². The molecule has 14 heavy (non-hydrogen) atoms. The fourth-order valence-corrected chi connectivity index (χ4v) is 2.36. The van der Waals surface area contributed by atoms with Crippen LogP contribution in [0.3, 0.4) is 0 Å². The van der Waals surface area contributed by atoms with Gasteiger partial charge in [0.2, 0.25) is 0 Å². The molecule has 0 aromatic carbocycles. The quantitative estimate of drug-likeness (QED) is 0.703. The van der Waals surface area contributed by atoms with Crippen LogP contribution in [0.4, 0.5) is 0 Å². The molecular weight excluding hydrogens is 172 g/mol. The van der Waals surface area contributed by atoms with Gasteiger partial charge in [-0.25, -0.2) is 0 Å². The lowest BCUT2D eigenvalue weighted by Gasteiger charge is -2.36. The van der Waals surface area contributed by atoms with E-state index in [-0.39, 0.29) is 0 Å². The van der Waals surface area contributed by atoms with Gasteiger partial charge in [-0.15, -0.1) is 0 Å². The largest absolute Gasteiger partial charge is 0.310 e. The number of nitrogens with one attached hydrogen (secondary N) is 1. The molecule has 1 fully saturated rings. The Balaban J connectivity index is 2.11. The molecule has 0 aromatic rings. The van der Waals surface area contributed by atoms with Crippen molar-refractivity contribution in [2.24, 2.45) is 5.92 Å². The van der Waals surface area contributed by atoms with Crippen LogP contribution < -0.4 is 5.32 Å². The van der Waals surface area contributed by atoms with Gasteiger partial charge in [0, 0.05) is 18.6 Å². The number of hydrogen-bond acceptors (Lipinski definition) is 2. The summed E-state index contributed by atoms with van der Waals surface area (Å²) < 4.78 is 0. The van der Waals surface area contributed by atoms with Gasteiger partial charge in [-0.1, -0.05) is 20.8 Å². The molecule has 0 saturated heterocycles. The number of rotatable bonds is 6. The summed E-state index contributed by atoms with van der Waals surface area (Å²) in [5.74, 6) is 0.952. The summed E-state index contributed by atoms with van der Waals surface area (Å²) >= 11 is 0. The maximum Gasteiger partial charge on any atom is 0.0169 e. The second-order valence-electron chi connectivity index (χ2n) is 4.83. The first-order valence-corrected chi connectivity index (χ1v) is 6.14. The molecule has 0 radical (unpaired) electrons. The molecule has 0 spiro atoms. The Morgan fingerprint density at radius 2 is 1.86 bits per heavy atom. The van der Waals surface area contributed by atoms with Crippen LogP contribution in [0, 0.1) is 5.92 Å². The van der Waals surface area contributed by atoms with E-state index < -0.39 is 0 Å². The summed E-state index contributed by atoms with van der Waals surface area (Å²) in [5.41, 5.74) is 0. The number of likely N-dealkylation sites (N-methyl/N-ethyl adjacent to an activating group) is 1. The predicted molar refractivity (Wildman–Crippen MR) is 62.6 cm³/mol. The van der Waals surface area contributed by atoms with Crippen LogP contribution in [0.5, 0.6) is 0 Å². The third-order valence-corrected chi connectivity index (χ3v) is 3.32. The average molecular weight is 198 g/mol. The van der Waals surface area contributed by atoms with E-state index in [4.69, 9.17) is 0 Å². The van der Waals surface area contributed by atoms with E-state index in [1.165, 1.54) is 32.5 Å². The van der Waals surface area contributed by atoms with Crippen LogP contribution >= 0.6 is 0 Å². The van der Waals surface area contributed by atoms with Crippen LogP contribution in [-0.2, 0) is 0 Å². The minimum absolute atomic E-state index is 0.646. The van der Waals surface area contributed by atoms with Crippen molar-refractivity contribution in [3.05, 3.63) is 0 Å². The fraction of sp³-hybridized carbons (Fsp3) is 1.00. The van der Waals surface area contributed by atoms with Crippen molar-refractivity contribution in [2.45, 2.75) is 52.6 Å². The summed E-state index contributed by atoms with van der Waals surface area (Å²) in [6, 6.07) is 1.45. The highest BCUT2D eigenvalue weighted by atomic mass is 15.1. The molecule has 1 aliphatic rings. The van der Waals surface area contributed by atoms with Gasteiger partial charge < -0.3 is 10.2 Å². The molecule has 1 atom stereocenters. The molecule has 2 heteroatoms. The van der Waals surface area contributed by atoms with Crippen molar-refractivity contribution in [3.63, 3.8) is 0 Å². The molecular formula is C12H26N2. The van der Waals surface area contributed by atoms with Crippen LogP contribution in [-0.4, -0.2) is 36.6 Å².